The zero-order valence-electron chi connectivity index (χ0n) is 17.4. The minimum absolute atomic E-state index is 0.105. The van der Waals surface area contributed by atoms with Gasteiger partial charge >= 0.3 is 0 Å². The van der Waals surface area contributed by atoms with Gasteiger partial charge in [0.1, 0.15) is 5.41 Å². The molecule has 2 fully saturated rings. The van der Waals surface area contributed by atoms with E-state index >= 15 is 0 Å². The van der Waals surface area contributed by atoms with Crippen molar-refractivity contribution in [2.45, 2.75) is 25.7 Å². The Morgan fingerprint density at radius 1 is 1.25 bits per heavy atom. The number of aromatic nitrogens is 3. The Bertz CT molecular complexity index is 1260. The maximum Gasteiger partial charge on any atom is 0.247 e. The van der Waals surface area contributed by atoms with Crippen LogP contribution in [-0.2, 0) is 16.0 Å². The van der Waals surface area contributed by atoms with E-state index < -0.39 is 5.41 Å². The van der Waals surface area contributed by atoms with E-state index in [9.17, 15) is 14.9 Å². The minimum atomic E-state index is -0.877. The van der Waals surface area contributed by atoms with Gasteiger partial charge in [0.15, 0.2) is 5.82 Å². The van der Waals surface area contributed by atoms with Crippen LogP contribution >= 0.6 is 0 Å². The number of nitriles is 1. The monoisotopic (exact) mass is 426 g/mol. The second-order valence-electron chi connectivity index (χ2n) is 8.45. The summed E-state index contributed by atoms with van der Waals surface area (Å²) in [7, 11) is 0. The summed E-state index contributed by atoms with van der Waals surface area (Å²) < 4.78 is 1.65. The molecule has 0 bridgehead atoms. The molecule has 8 heteroatoms. The Morgan fingerprint density at radius 3 is 2.84 bits per heavy atom. The smallest absolute Gasteiger partial charge is 0.247 e. The van der Waals surface area contributed by atoms with Crippen LogP contribution < -0.4 is 10.6 Å². The van der Waals surface area contributed by atoms with Gasteiger partial charge in [0, 0.05) is 36.3 Å². The second-order valence-corrected chi connectivity index (χ2v) is 8.45. The van der Waals surface area contributed by atoms with Gasteiger partial charge in [-0.3, -0.25) is 9.59 Å². The van der Waals surface area contributed by atoms with Crippen LogP contribution in [0.3, 0.4) is 0 Å². The second kappa shape index (κ2) is 7.61. The lowest BCUT2D eigenvalue weighted by atomic mass is 9.83. The molecule has 1 aromatic carbocycles. The molecule has 1 aliphatic heterocycles. The maximum absolute atomic E-state index is 13.1. The molecule has 32 heavy (non-hydrogen) atoms. The number of rotatable bonds is 6. The molecular formula is C24H22N6O2. The number of carbonyl (C=O) groups excluding carboxylic acids is 2. The highest BCUT2D eigenvalue weighted by Gasteiger charge is 2.56. The molecule has 1 aliphatic carbocycles. The van der Waals surface area contributed by atoms with Crippen LogP contribution in [0.1, 0.15) is 24.8 Å². The lowest BCUT2D eigenvalue weighted by molar-refractivity contribution is -0.123. The first-order chi connectivity index (χ1) is 15.5. The maximum atomic E-state index is 13.1. The van der Waals surface area contributed by atoms with E-state index in [2.05, 4.69) is 16.2 Å². The number of hydrogen-bond donors (Lipinski definition) is 1. The van der Waals surface area contributed by atoms with Gasteiger partial charge in [-0.05, 0) is 42.4 Å². The Balaban J connectivity index is 1.41. The standard InChI is InChI=1S/C24H22N6O2/c25-15-24(19-4-5-19)7-9-29(23(24)32)20-6-8-27-22(12-20)30-14-18(13-28-30)17-3-1-2-16(10-17)11-21(26)31/h1-3,6,8,10,12-14,19H,4-5,7,9,11H2,(H2,26,31)/t24-/m1/s1. The zero-order valence-corrected chi connectivity index (χ0v) is 17.4. The highest BCUT2D eigenvalue weighted by atomic mass is 16.2. The van der Waals surface area contributed by atoms with E-state index in [0.29, 0.717) is 18.8 Å². The van der Waals surface area contributed by atoms with Crippen molar-refractivity contribution in [3.8, 4) is 23.0 Å². The molecule has 8 nitrogen and oxygen atoms in total. The summed E-state index contributed by atoms with van der Waals surface area (Å²) in [4.78, 5) is 30.4. The highest BCUT2D eigenvalue weighted by molar-refractivity contribution is 6.02. The first kappa shape index (κ1) is 19.9. The van der Waals surface area contributed by atoms with Gasteiger partial charge < -0.3 is 10.6 Å². The van der Waals surface area contributed by atoms with Crippen molar-refractivity contribution in [1.82, 2.24) is 14.8 Å². The number of amides is 2. The van der Waals surface area contributed by atoms with Crippen molar-refractivity contribution >= 4 is 17.5 Å². The molecule has 2 N–H and O–H groups in total. The fraction of sp³-hybridized carbons (Fsp3) is 0.292. The topological polar surface area (TPSA) is 118 Å². The largest absolute Gasteiger partial charge is 0.369 e. The number of benzene rings is 1. The van der Waals surface area contributed by atoms with E-state index in [1.54, 1.807) is 28.0 Å². The predicted octanol–water partition coefficient (Wildman–Crippen LogP) is 2.62. The van der Waals surface area contributed by atoms with Crippen molar-refractivity contribution in [2.24, 2.45) is 17.1 Å². The van der Waals surface area contributed by atoms with Gasteiger partial charge in [-0.2, -0.15) is 10.4 Å². The van der Waals surface area contributed by atoms with Gasteiger partial charge in [-0.1, -0.05) is 24.3 Å². The first-order valence-corrected chi connectivity index (χ1v) is 10.6. The molecule has 1 saturated carbocycles. The number of primary amides is 1. The van der Waals surface area contributed by atoms with Crippen LogP contribution in [-0.4, -0.2) is 33.1 Å². The number of pyridine rings is 1. The number of hydrogen-bond acceptors (Lipinski definition) is 5. The number of nitrogens with zero attached hydrogens (tertiary/aromatic N) is 5. The van der Waals surface area contributed by atoms with Gasteiger partial charge in [-0.25, -0.2) is 9.67 Å². The molecule has 160 valence electrons. The van der Waals surface area contributed by atoms with Gasteiger partial charge in [0.25, 0.3) is 0 Å². The van der Waals surface area contributed by atoms with Gasteiger partial charge in [0.2, 0.25) is 11.8 Å². The lowest BCUT2D eigenvalue weighted by Crippen LogP contribution is -2.35. The third-order valence-electron chi connectivity index (χ3n) is 6.33. The molecule has 1 saturated heterocycles. The van der Waals surface area contributed by atoms with E-state index in [1.807, 2.05) is 36.5 Å². The normalized spacial score (nSPS) is 20.3. The van der Waals surface area contributed by atoms with Crippen molar-refractivity contribution in [2.75, 3.05) is 11.4 Å². The SMILES string of the molecule is N#C[C@@]1(C2CC2)CCN(c2ccnc(-n3cc(-c4cccc(CC(N)=O)c4)cn3)c2)C1=O. The molecule has 2 amide bonds. The van der Waals surface area contributed by atoms with Crippen LogP contribution in [0.5, 0.6) is 0 Å². The van der Waals surface area contributed by atoms with Crippen LogP contribution in [0.4, 0.5) is 5.69 Å². The molecule has 0 unspecified atom stereocenters. The quantitative estimate of drug-likeness (QED) is 0.650. The van der Waals surface area contributed by atoms with Gasteiger partial charge in [-0.15, -0.1) is 0 Å². The molecule has 2 aromatic heterocycles. The van der Waals surface area contributed by atoms with Crippen molar-refractivity contribution < 1.29 is 9.59 Å². The molecular weight excluding hydrogens is 404 g/mol. The number of anilines is 1. The van der Waals surface area contributed by atoms with Crippen LogP contribution in [0.2, 0.25) is 0 Å². The summed E-state index contributed by atoms with van der Waals surface area (Å²) in [5, 5.41) is 14.2. The molecule has 0 radical (unpaired) electrons. The molecule has 2 aliphatic rings. The van der Waals surface area contributed by atoms with E-state index in [4.69, 9.17) is 5.73 Å². The van der Waals surface area contributed by atoms with Crippen LogP contribution in [0.15, 0.2) is 55.0 Å². The van der Waals surface area contributed by atoms with Crippen LogP contribution in [0, 0.1) is 22.7 Å². The summed E-state index contributed by atoms with van der Waals surface area (Å²) >= 11 is 0. The average Bonchev–Trinajstić information content (AvgIpc) is 3.42. The summed E-state index contributed by atoms with van der Waals surface area (Å²) in [6.07, 6.45) is 7.88. The van der Waals surface area contributed by atoms with Crippen molar-refractivity contribution in [3.63, 3.8) is 0 Å². The molecule has 1 atom stereocenters. The Kier molecular flexibility index (Phi) is 4.74. The Morgan fingerprint density at radius 2 is 2.09 bits per heavy atom. The highest BCUT2D eigenvalue weighted by Crippen LogP contribution is 2.51. The third kappa shape index (κ3) is 3.42. The van der Waals surface area contributed by atoms with E-state index in [0.717, 1.165) is 35.2 Å². The predicted molar refractivity (Wildman–Crippen MR) is 117 cm³/mol. The third-order valence-corrected chi connectivity index (χ3v) is 6.33. The minimum Gasteiger partial charge on any atom is -0.369 e. The molecule has 3 heterocycles. The fourth-order valence-electron chi connectivity index (χ4n) is 4.49. The van der Waals surface area contributed by atoms with Crippen LogP contribution in [0.25, 0.3) is 16.9 Å². The molecule has 5 rings (SSSR count). The zero-order chi connectivity index (χ0) is 22.3. The summed E-state index contributed by atoms with van der Waals surface area (Å²) in [5.41, 5.74) is 7.78. The molecule has 0 spiro atoms. The van der Waals surface area contributed by atoms with E-state index in [1.165, 1.54) is 0 Å². The summed E-state index contributed by atoms with van der Waals surface area (Å²) in [5.74, 6) is 0.283. The average molecular weight is 426 g/mol. The summed E-state index contributed by atoms with van der Waals surface area (Å²) in [6.45, 7) is 0.531. The van der Waals surface area contributed by atoms with Gasteiger partial charge in [0.05, 0.1) is 18.7 Å². The fourth-order valence-corrected chi connectivity index (χ4v) is 4.49. The molecule has 3 aromatic rings. The number of nitrogens with two attached hydrogens (primary N) is 1. The Hall–Kier alpha value is -3.99. The summed E-state index contributed by atoms with van der Waals surface area (Å²) in [6, 6.07) is 13.5. The van der Waals surface area contributed by atoms with Crippen molar-refractivity contribution in [3.05, 3.63) is 60.6 Å². The first-order valence-electron chi connectivity index (χ1n) is 10.6. The number of carbonyl (C=O) groups is 2. The van der Waals surface area contributed by atoms with E-state index in [-0.39, 0.29) is 24.2 Å². The Labute approximate surface area is 185 Å². The lowest BCUT2D eigenvalue weighted by Gasteiger charge is -2.21. The van der Waals surface area contributed by atoms with Crippen molar-refractivity contribution in [1.29, 1.82) is 5.26 Å².